The zero-order chi connectivity index (χ0) is 16.7. The van der Waals surface area contributed by atoms with Gasteiger partial charge < -0.3 is 10.6 Å². The smallest absolute Gasteiger partial charge is 0.191 e. The monoisotopic (exact) mass is 484 g/mol. The highest BCUT2D eigenvalue weighted by Crippen LogP contribution is 2.22. The highest BCUT2D eigenvalue weighted by molar-refractivity contribution is 14.0. The third kappa shape index (κ3) is 6.95. The van der Waals surface area contributed by atoms with Gasteiger partial charge >= 0.3 is 0 Å². The van der Waals surface area contributed by atoms with Crippen molar-refractivity contribution in [2.75, 3.05) is 19.3 Å². The van der Waals surface area contributed by atoms with Crippen molar-refractivity contribution in [1.29, 1.82) is 0 Å². The fourth-order valence-corrected chi connectivity index (χ4v) is 5.08. The van der Waals surface area contributed by atoms with Gasteiger partial charge in [0, 0.05) is 58.9 Å². The second-order valence-electron chi connectivity index (χ2n) is 5.91. The lowest BCUT2D eigenvalue weighted by Gasteiger charge is -2.30. The number of hydrogen-bond acceptors (Lipinski definition) is 4. The number of aromatic nitrogens is 1. The van der Waals surface area contributed by atoms with Crippen LogP contribution in [-0.4, -0.2) is 45.8 Å². The van der Waals surface area contributed by atoms with E-state index in [0.717, 1.165) is 55.4 Å². The summed E-state index contributed by atoms with van der Waals surface area (Å²) in [5.41, 5.74) is 0. The van der Waals surface area contributed by atoms with Crippen molar-refractivity contribution >= 4 is 52.1 Å². The molecule has 1 heterocycles. The molecule has 8 heteroatoms. The van der Waals surface area contributed by atoms with E-state index in [1.54, 1.807) is 18.4 Å². The molecular weight excluding hydrogens is 455 g/mol. The summed E-state index contributed by atoms with van der Waals surface area (Å²) >= 11 is 1.74. The number of aryl methyl sites for hydroxylation is 1. The molecule has 1 saturated carbocycles. The minimum absolute atomic E-state index is 0. The summed E-state index contributed by atoms with van der Waals surface area (Å²) in [5, 5.41) is 8.35. The van der Waals surface area contributed by atoms with Crippen LogP contribution in [0.4, 0.5) is 0 Å². The van der Waals surface area contributed by atoms with Gasteiger partial charge in [0.25, 0.3) is 0 Å². The maximum Gasteiger partial charge on any atom is 0.191 e. The van der Waals surface area contributed by atoms with Gasteiger partial charge in [-0.25, -0.2) is 4.98 Å². The van der Waals surface area contributed by atoms with Gasteiger partial charge in [0.1, 0.15) is 0 Å². The molecule has 1 aromatic heterocycles. The number of hydrogen-bond donors (Lipinski definition) is 2. The normalized spacial score (nSPS) is 22.5. The van der Waals surface area contributed by atoms with Crippen LogP contribution in [0.15, 0.2) is 11.2 Å². The number of aliphatic imine (C=N–C) groups is 1. The quantitative estimate of drug-likeness (QED) is 0.370. The van der Waals surface area contributed by atoms with Gasteiger partial charge in [-0.2, -0.15) is 0 Å². The standard InChI is InChI=1S/C16H28N4OS2.HI/c1-4-23(21)14-7-5-6-13(10-14)20-16(17-3)18-9-8-15-19-11-12(2)22-15;/h11,13-14H,4-10H2,1-3H3,(H2,17,18,20);1H. The van der Waals surface area contributed by atoms with Crippen molar-refractivity contribution in [3.8, 4) is 0 Å². The van der Waals surface area contributed by atoms with Crippen LogP contribution in [0.2, 0.25) is 0 Å². The lowest BCUT2D eigenvalue weighted by atomic mass is 9.95. The molecule has 3 atom stereocenters. The first-order chi connectivity index (χ1) is 11.1. The Bertz CT molecular complexity index is 550. The summed E-state index contributed by atoms with van der Waals surface area (Å²) in [7, 11) is 1.11. The fraction of sp³-hybridized carbons (Fsp3) is 0.750. The van der Waals surface area contributed by atoms with Crippen LogP contribution in [0.1, 0.15) is 42.5 Å². The number of nitrogens with zero attached hydrogens (tertiary/aromatic N) is 2. The Balaban J connectivity index is 0.00000288. The summed E-state index contributed by atoms with van der Waals surface area (Å²) in [5.74, 6) is 1.60. The summed E-state index contributed by atoms with van der Waals surface area (Å²) < 4.78 is 12.0. The molecule has 138 valence electrons. The Hall–Kier alpha value is -0.220. The number of rotatable bonds is 6. The first kappa shape index (κ1) is 21.8. The van der Waals surface area contributed by atoms with E-state index in [1.807, 2.05) is 13.1 Å². The first-order valence-corrected chi connectivity index (χ1v) is 10.6. The van der Waals surface area contributed by atoms with Crippen LogP contribution in [0.25, 0.3) is 0 Å². The van der Waals surface area contributed by atoms with E-state index in [4.69, 9.17) is 0 Å². The third-order valence-corrected chi connectivity index (χ3v) is 6.86. The Labute approximate surface area is 169 Å². The molecule has 24 heavy (non-hydrogen) atoms. The largest absolute Gasteiger partial charge is 0.356 e. The summed E-state index contributed by atoms with van der Waals surface area (Å²) in [6.45, 7) is 4.91. The Morgan fingerprint density at radius 2 is 2.29 bits per heavy atom. The summed E-state index contributed by atoms with van der Waals surface area (Å²) in [6.07, 6.45) is 7.17. The predicted octanol–water partition coefficient (Wildman–Crippen LogP) is 2.86. The van der Waals surface area contributed by atoms with Crippen LogP contribution >= 0.6 is 35.3 Å². The Morgan fingerprint density at radius 1 is 1.50 bits per heavy atom. The molecule has 0 radical (unpaired) electrons. The van der Waals surface area contributed by atoms with E-state index >= 15 is 0 Å². The molecule has 5 nitrogen and oxygen atoms in total. The van der Waals surface area contributed by atoms with Gasteiger partial charge in [0.05, 0.1) is 5.01 Å². The van der Waals surface area contributed by atoms with Crippen molar-refractivity contribution in [3.63, 3.8) is 0 Å². The zero-order valence-corrected chi connectivity index (χ0v) is 18.7. The second kappa shape index (κ2) is 11.4. The average Bonchev–Trinajstić information content (AvgIpc) is 2.98. The molecule has 0 aromatic carbocycles. The molecule has 2 rings (SSSR count). The van der Waals surface area contributed by atoms with Gasteiger partial charge in [-0.1, -0.05) is 13.3 Å². The molecule has 0 bridgehead atoms. The van der Waals surface area contributed by atoms with Crippen LogP contribution in [0.5, 0.6) is 0 Å². The summed E-state index contributed by atoms with van der Waals surface area (Å²) in [4.78, 5) is 9.94. The highest BCUT2D eigenvalue weighted by Gasteiger charge is 2.25. The van der Waals surface area contributed by atoms with Crippen molar-refractivity contribution in [2.24, 2.45) is 4.99 Å². The zero-order valence-electron chi connectivity index (χ0n) is 14.7. The Morgan fingerprint density at radius 3 is 2.92 bits per heavy atom. The highest BCUT2D eigenvalue weighted by atomic mass is 127. The lowest BCUT2D eigenvalue weighted by Crippen LogP contribution is -2.47. The van der Waals surface area contributed by atoms with E-state index in [1.165, 1.54) is 4.88 Å². The van der Waals surface area contributed by atoms with Gasteiger partial charge in [0.15, 0.2) is 5.96 Å². The minimum atomic E-state index is -0.686. The third-order valence-electron chi connectivity index (χ3n) is 4.15. The lowest BCUT2D eigenvalue weighted by molar-refractivity contribution is 0.413. The van der Waals surface area contributed by atoms with E-state index in [0.29, 0.717) is 11.3 Å². The molecule has 1 aliphatic rings. The van der Waals surface area contributed by atoms with Crippen LogP contribution in [0, 0.1) is 6.92 Å². The van der Waals surface area contributed by atoms with Crippen LogP contribution < -0.4 is 10.6 Å². The van der Waals surface area contributed by atoms with Crippen molar-refractivity contribution < 1.29 is 4.21 Å². The van der Waals surface area contributed by atoms with Gasteiger partial charge in [-0.15, -0.1) is 35.3 Å². The maximum absolute atomic E-state index is 12.0. The van der Waals surface area contributed by atoms with Crippen molar-refractivity contribution in [1.82, 2.24) is 15.6 Å². The molecule has 1 aliphatic carbocycles. The molecular formula is C16H29IN4OS2. The SMILES string of the molecule is CCS(=O)C1CCCC(NC(=NC)NCCc2ncc(C)s2)C1.I. The van der Waals surface area contributed by atoms with Crippen LogP contribution in [-0.2, 0) is 17.2 Å². The number of halogens is 1. The number of guanidine groups is 1. The molecule has 0 aliphatic heterocycles. The van der Waals surface area contributed by atoms with Crippen molar-refractivity contribution in [3.05, 3.63) is 16.1 Å². The number of nitrogens with one attached hydrogen (secondary N) is 2. The van der Waals surface area contributed by atoms with Gasteiger partial charge in [-0.05, 0) is 26.2 Å². The van der Waals surface area contributed by atoms with Crippen LogP contribution in [0.3, 0.4) is 0 Å². The summed E-state index contributed by atoms with van der Waals surface area (Å²) in [6, 6.07) is 0.373. The molecule has 2 N–H and O–H groups in total. The van der Waals surface area contributed by atoms with Crippen molar-refractivity contribution in [2.45, 2.75) is 57.2 Å². The van der Waals surface area contributed by atoms with E-state index in [9.17, 15) is 4.21 Å². The topological polar surface area (TPSA) is 66.4 Å². The minimum Gasteiger partial charge on any atom is -0.356 e. The second-order valence-corrected chi connectivity index (χ2v) is 9.24. The van der Waals surface area contributed by atoms with E-state index in [2.05, 4.69) is 27.5 Å². The van der Waals surface area contributed by atoms with E-state index in [-0.39, 0.29) is 24.0 Å². The molecule has 0 saturated heterocycles. The first-order valence-electron chi connectivity index (χ1n) is 8.38. The molecule has 0 amide bonds. The molecule has 3 unspecified atom stereocenters. The molecule has 1 aromatic rings. The van der Waals surface area contributed by atoms with E-state index < -0.39 is 10.8 Å². The maximum atomic E-state index is 12.0. The average molecular weight is 484 g/mol. The van der Waals surface area contributed by atoms with Gasteiger partial charge in [-0.3, -0.25) is 9.20 Å². The fourth-order valence-electron chi connectivity index (χ4n) is 2.94. The molecule has 1 fully saturated rings. The van der Waals surface area contributed by atoms with Gasteiger partial charge in [0.2, 0.25) is 0 Å². The Kier molecular flexibility index (Phi) is 10.4. The number of thiazole rings is 1. The predicted molar refractivity (Wildman–Crippen MR) is 115 cm³/mol. The molecule has 0 spiro atoms.